The smallest absolute Gasteiger partial charge is 0.129 e. The molecule has 2 aromatic carbocycles. The van der Waals surface area contributed by atoms with Crippen molar-refractivity contribution in [2.24, 2.45) is 0 Å². The molecule has 2 aromatic rings. The fourth-order valence-electron chi connectivity index (χ4n) is 1.55. The van der Waals surface area contributed by atoms with Crippen molar-refractivity contribution < 1.29 is 13.9 Å². The Morgan fingerprint density at radius 2 is 1.65 bits per heavy atom. The molecule has 0 saturated carbocycles. The predicted molar refractivity (Wildman–Crippen MR) is 64.6 cm³/mol. The molecule has 0 radical (unpaired) electrons. The quantitative estimate of drug-likeness (QED) is 0.894. The molecule has 0 saturated heterocycles. The van der Waals surface area contributed by atoms with Crippen LogP contribution < -0.4 is 0 Å². The highest BCUT2D eigenvalue weighted by molar-refractivity contribution is 9.10. The van der Waals surface area contributed by atoms with Crippen molar-refractivity contribution in [1.82, 2.24) is 0 Å². The van der Waals surface area contributed by atoms with Crippen LogP contribution in [0.25, 0.3) is 0 Å². The van der Waals surface area contributed by atoms with E-state index >= 15 is 0 Å². The Labute approximate surface area is 106 Å². The van der Waals surface area contributed by atoms with Gasteiger partial charge >= 0.3 is 0 Å². The lowest BCUT2D eigenvalue weighted by Crippen LogP contribution is -2.03. The number of halogens is 3. The number of hydrogen-bond donors (Lipinski definition) is 1. The van der Waals surface area contributed by atoms with E-state index in [1.807, 2.05) is 0 Å². The number of rotatable bonds is 2. The Morgan fingerprint density at radius 1 is 1.00 bits per heavy atom. The van der Waals surface area contributed by atoms with Crippen molar-refractivity contribution in [3.05, 3.63) is 69.7 Å². The molecule has 88 valence electrons. The minimum atomic E-state index is -1.17. The summed E-state index contributed by atoms with van der Waals surface area (Å²) in [6.45, 7) is 0. The van der Waals surface area contributed by atoms with Crippen LogP contribution in [0.15, 0.2) is 46.9 Å². The maximum atomic E-state index is 13.4. The third-order valence-electron chi connectivity index (χ3n) is 2.44. The first-order chi connectivity index (χ1) is 8.08. The van der Waals surface area contributed by atoms with E-state index in [-0.39, 0.29) is 5.56 Å². The molecular formula is C13H9BrF2O. The van der Waals surface area contributed by atoms with Gasteiger partial charge in [0.05, 0.1) is 0 Å². The molecular weight excluding hydrogens is 290 g/mol. The van der Waals surface area contributed by atoms with E-state index in [0.29, 0.717) is 5.56 Å². The SMILES string of the molecule is OC(c1ccc(Br)cc1)c1cc(F)ccc1F. The lowest BCUT2D eigenvalue weighted by molar-refractivity contribution is 0.214. The molecule has 0 aliphatic heterocycles. The van der Waals surface area contributed by atoms with E-state index in [4.69, 9.17) is 0 Å². The van der Waals surface area contributed by atoms with Crippen molar-refractivity contribution in [2.45, 2.75) is 6.10 Å². The van der Waals surface area contributed by atoms with Crippen LogP contribution >= 0.6 is 15.9 Å². The fraction of sp³-hybridized carbons (Fsp3) is 0.0769. The maximum absolute atomic E-state index is 13.4. The van der Waals surface area contributed by atoms with Gasteiger partial charge in [-0.3, -0.25) is 0 Å². The van der Waals surface area contributed by atoms with Crippen LogP contribution in [0.4, 0.5) is 8.78 Å². The average Bonchev–Trinajstić information content (AvgIpc) is 2.32. The van der Waals surface area contributed by atoms with Crippen molar-refractivity contribution in [1.29, 1.82) is 0 Å². The predicted octanol–water partition coefficient (Wildman–Crippen LogP) is 3.81. The first kappa shape index (κ1) is 12.2. The van der Waals surface area contributed by atoms with Crippen molar-refractivity contribution >= 4 is 15.9 Å². The molecule has 0 aliphatic rings. The largest absolute Gasteiger partial charge is 0.384 e. The monoisotopic (exact) mass is 298 g/mol. The zero-order chi connectivity index (χ0) is 12.4. The number of hydrogen-bond acceptors (Lipinski definition) is 1. The Morgan fingerprint density at radius 3 is 2.29 bits per heavy atom. The number of aliphatic hydroxyl groups excluding tert-OH is 1. The first-order valence-corrected chi connectivity index (χ1v) is 5.75. The molecule has 1 N–H and O–H groups in total. The summed E-state index contributed by atoms with van der Waals surface area (Å²) in [4.78, 5) is 0. The Kier molecular flexibility index (Phi) is 3.54. The summed E-state index contributed by atoms with van der Waals surface area (Å²) in [5, 5.41) is 9.97. The summed E-state index contributed by atoms with van der Waals surface area (Å²) in [7, 11) is 0. The van der Waals surface area contributed by atoms with Gasteiger partial charge in [0, 0.05) is 10.0 Å². The van der Waals surface area contributed by atoms with E-state index in [1.54, 1.807) is 24.3 Å². The van der Waals surface area contributed by atoms with Gasteiger partial charge in [0.2, 0.25) is 0 Å². The highest BCUT2D eigenvalue weighted by atomic mass is 79.9. The summed E-state index contributed by atoms with van der Waals surface area (Å²) in [5.74, 6) is -1.20. The highest BCUT2D eigenvalue weighted by Crippen LogP contribution is 2.26. The van der Waals surface area contributed by atoms with Gasteiger partial charge in [0.15, 0.2) is 0 Å². The van der Waals surface area contributed by atoms with Gasteiger partial charge in [-0.2, -0.15) is 0 Å². The summed E-state index contributed by atoms with van der Waals surface area (Å²) in [6, 6.07) is 9.80. The summed E-state index contributed by atoms with van der Waals surface area (Å²) in [6.07, 6.45) is -1.17. The van der Waals surface area contributed by atoms with Crippen molar-refractivity contribution in [3.63, 3.8) is 0 Å². The zero-order valence-electron chi connectivity index (χ0n) is 8.70. The van der Waals surface area contributed by atoms with Gasteiger partial charge in [-0.15, -0.1) is 0 Å². The minimum Gasteiger partial charge on any atom is -0.384 e. The van der Waals surface area contributed by atoms with Crippen molar-refractivity contribution in [2.75, 3.05) is 0 Å². The Bertz CT molecular complexity index is 525. The molecule has 0 aromatic heterocycles. The maximum Gasteiger partial charge on any atom is 0.129 e. The molecule has 1 atom stereocenters. The van der Waals surface area contributed by atoms with Crippen LogP contribution in [0.1, 0.15) is 17.2 Å². The van der Waals surface area contributed by atoms with Crippen LogP contribution in [-0.2, 0) is 0 Å². The topological polar surface area (TPSA) is 20.2 Å². The van der Waals surface area contributed by atoms with Gasteiger partial charge < -0.3 is 5.11 Å². The number of benzene rings is 2. The molecule has 17 heavy (non-hydrogen) atoms. The van der Waals surface area contributed by atoms with Gasteiger partial charge in [-0.1, -0.05) is 28.1 Å². The molecule has 2 rings (SSSR count). The summed E-state index contributed by atoms with van der Waals surface area (Å²) >= 11 is 3.26. The second-order valence-electron chi connectivity index (χ2n) is 3.62. The van der Waals surface area contributed by atoms with Gasteiger partial charge in [-0.25, -0.2) is 8.78 Å². The van der Waals surface area contributed by atoms with E-state index in [1.165, 1.54) is 0 Å². The van der Waals surface area contributed by atoms with Gasteiger partial charge in [0.25, 0.3) is 0 Å². The molecule has 0 heterocycles. The molecule has 0 aliphatic carbocycles. The fourth-order valence-corrected chi connectivity index (χ4v) is 1.81. The van der Waals surface area contributed by atoms with E-state index in [2.05, 4.69) is 15.9 Å². The highest BCUT2D eigenvalue weighted by Gasteiger charge is 2.15. The summed E-state index contributed by atoms with van der Waals surface area (Å²) < 4.78 is 27.3. The van der Waals surface area contributed by atoms with Crippen LogP contribution in [0.2, 0.25) is 0 Å². The van der Waals surface area contributed by atoms with Gasteiger partial charge in [-0.05, 0) is 35.9 Å². The normalized spacial score (nSPS) is 12.5. The molecule has 0 fully saturated rings. The van der Waals surface area contributed by atoms with E-state index in [9.17, 15) is 13.9 Å². The molecule has 0 bridgehead atoms. The van der Waals surface area contributed by atoms with Crippen LogP contribution in [0, 0.1) is 11.6 Å². The third-order valence-corrected chi connectivity index (χ3v) is 2.97. The lowest BCUT2D eigenvalue weighted by atomic mass is 10.0. The summed E-state index contributed by atoms with van der Waals surface area (Å²) in [5.41, 5.74) is 0.449. The zero-order valence-corrected chi connectivity index (χ0v) is 10.3. The third kappa shape index (κ3) is 2.70. The molecule has 1 unspecified atom stereocenters. The van der Waals surface area contributed by atoms with Gasteiger partial charge in [0.1, 0.15) is 17.7 Å². The first-order valence-electron chi connectivity index (χ1n) is 4.96. The number of aliphatic hydroxyl groups is 1. The molecule has 0 spiro atoms. The van der Waals surface area contributed by atoms with E-state index in [0.717, 1.165) is 22.7 Å². The van der Waals surface area contributed by atoms with Crippen LogP contribution in [0.3, 0.4) is 0 Å². The minimum absolute atomic E-state index is 0.0627. The van der Waals surface area contributed by atoms with Crippen LogP contribution in [-0.4, -0.2) is 5.11 Å². The van der Waals surface area contributed by atoms with Crippen LogP contribution in [0.5, 0.6) is 0 Å². The molecule has 0 amide bonds. The average molecular weight is 299 g/mol. The molecule has 4 heteroatoms. The lowest BCUT2D eigenvalue weighted by Gasteiger charge is -2.12. The van der Waals surface area contributed by atoms with E-state index < -0.39 is 17.7 Å². The Balaban J connectivity index is 2.39. The second kappa shape index (κ2) is 4.94. The standard InChI is InChI=1S/C13H9BrF2O/c14-9-3-1-8(2-4-9)13(17)11-7-10(15)5-6-12(11)16/h1-7,13,17H. The second-order valence-corrected chi connectivity index (χ2v) is 4.54. The molecule has 1 nitrogen and oxygen atoms in total. The van der Waals surface area contributed by atoms with Crippen molar-refractivity contribution in [3.8, 4) is 0 Å². The Hall–Kier alpha value is -1.26.